The molecule has 0 aliphatic rings. The highest BCUT2D eigenvalue weighted by Crippen LogP contribution is 2.33. The summed E-state index contributed by atoms with van der Waals surface area (Å²) >= 11 is 0. The Morgan fingerprint density at radius 2 is 1.53 bits per heavy atom. The Labute approximate surface area is 171 Å². The highest BCUT2D eigenvalue weighted by molar-refractivity contribution is 6.15. The fraction of sp³-hybridized carbons (Fsp3) is 0.389. The molecule has 0 bridgehead atoms. The van der Waals surface area contributed by atoms with Crippen molar-refractivity contribution in [3.63, 3.8) is 0 Å². The third kappa shape index (κ3) is 4.96. The summed E-state index contributed by atoms with van der Waals surface area (Å²) in [5.41, 5.74) is 5.36. The van der Waals surface area contributed by atoms with Crippen molar-refractivity contribution in [1.29, 1.82) is 0 Å². The number of benzene rings is 1. The number of hydrogen-bond donors (Lipinski definition) is 1. The molecule has 0 aliphatic heterocycles. The molecule has 12 heteroatoms. The van der Waals surface area contributed by atoms with Crippen molar-refractivity contribution in [3.05, 3.63) is 29.1 Å². The second-order valence-electron chi connectivity index (χ2n) is 5.57. The molecule has 0 unspecified atom stereocenters. The topological polar surface area (TPSA) is 154 Å². The van der Waals surface area contributed by atoms with Crippen molar-refractivity contribution in [2.45, 2.75) is 20.6 Å². The van der Waals surface area contributed by atoms with Gasteiger partial charge in [-0.15, -0.1) is 15.0 Å². The Morgan fingerprint density at radius 1 is 0.933 bits per heavy atom. The first-order valence-electron chi connectivity index (χ1n) is 8.84. The zero-order valence-electron chi connectivity index (χ0n) is 17.0. The van der Waals surface area contributed by atoms with E-state index in [1.54, 1.807) is 13.8 Å². The predicted octanol–water partition coefficient (Wildman–Crippen LogP) is 1.42. The standard InChI is InChI=1S/C18H22N4O8/c1-5-28-17(24)15-14(20-22(21-15)9-30-18(25)29-6-2)16(23)10-7-12(26-3)13(27-4)8-11(10)19/h7-8H,5-6,9,19H2,1-4H3. The Balaban J connectivity index is 2.44. The van der Waals surface area contributed by atoms with E-state index in [2.05, 4.69) is 14.9 Å². The van der Waals surface area contributed by atoms with E-state index in [1.807, 2.05) is 0 Å². The first-order chi connectivity index (χ1) is 14.4. The highest BCUT2D eigenvalue weighted by Gasteiger charge is 2.28. The summed E-state index contributed by atoms with van der Waals surface area (Å²) in [5.74, 6) is -1.00. The van der Waals surface area contributed by atoms with Gasteiger partial charge in [-0.3, -0.25) is 4.79 Å². The molecule has 0 atom stereocenters. The maximum atomic E-state index is 13.1. The summed E-state index contributed by atoms with van der Waals surface area (Å²) in [6, 6.07) is 2.77. The third-order valence-corrected chi connectivity index (χ3v) is 3.70. The zero-order valence-corrected chi connectivity index (χ0v) is 17.0. The summed E-state index contributed by atoms with van der Waals surface area (Å²) < 4.78 is 24.7. The lowest BCUT2D eigenvalue weighted by molar-refractivity contribution is 0.0290. The minimum absolute atomic E-state index is 0.0107. The summed E-state index contributed by atoms with van der Waals surface area (Å²) in [7, 11) is 2.82. The maximum Gasteiger partial charge on any atom is 0.510 e. The molecule has 0 aliphatic carbocycles. The lowest BCUT2D eigenvalue weighted by Crippen LogP contribution is -2.14. The van der Waals surface area contributed by atoms with E-state index in [9.17, 15) is 14.4 Å². The van der Waals surface area contributed by atoms with Crippen LogP contribution in [0.15, 0.2) is 12.1 Å². The van der Waals surface area contributed by atoms with Crippen LogP contribution in [0.2, 0.25) is 0 Å². The van der Waals surface area contributed by atoms with Gasteiger partial charge >= 0.3 is 12.1 Å². The quantitative estimate of drug-likeness (QED) is 0.354. The van der Waals surface area contributed by atoms with Gasteiger partial charge in [0.05, 0.1) is 33.0 Å². The fourth-order valence-corrected chi connectivity index (χ4v) is 2.38. The first-order valence-corrected chi connectivity index (χ1v) is 8.84. The van der Waals surface area contributed by atoms with Gasteiger partial charge in [0.25, 0.3) is 0 Å². The van der Waals surface area contributed by atoms with Crippen molar-refractivity contribution in [2.75, 3.05) is 33.2 Å². The number of nitrogens with zero attached hydrogens (tertiary/aromatic N) is 3. The molecule has 0 radical (unpaired) electrons. The van der Waals surface area contributed by atoms with Gasteiger partial charge in [-0.25, -0.2) is 9.59 Å². The molecule has 1 heterocycles. The predicted molar refractivity (Wildman–Crippen MR) is 101 cm³/mol. The molecule has 162 valence electrons. The van der Waals surface area contributed by atoms with E-state index >= 15 is 0 Å². The van der Waals surface area contributed by atoms with Gasteiger partial charge in [-0.2, -0.15) is 0 Å². The lowest BCUT2D eigenvalue weighted by Gasteiger charge is -2.11. The molecule has 0 saturated carbocycles. The number of anilines is 1. The number of carbonyl (C=O) groups excluding carboxylic acids is 3. The number of nitrogens with two attached hydrogens (primary N) is 1. The summed E-state index contributed by atoms with van der Waals surface area (Å²) in [6.45, 7) is 2.88. The number of methoxy groups -OCH3 is 2. The molecule has 2 N–H and O–H groups in total. The number of ether oxygens (including phenoxy) is 5. The van der Waals surface area contributed by atoms with Crippen molar-refractivity contribution in [1.82, 2.24) is 15.0 Å². The van der Waals surface area contributed by atoms with Gasteiger partial charge in [-0.1, -0.05) is 0 Å². The van der Waals surface area contributed by atoms with Crippen molar-refractivity contribution in [3.8, 4) is 11.5 Å². The fourth-order valence-electron chi connectivity index (χ4n) is 2.38. The Bertz CT molecular complexity index is 941. The number of carbonyl (C=O) groups is 3. The number of hydrogen-bond acceptors (Lipinski definition) is 11. The van der Waals surface area contributed by atoms with Gasteiger partial charge < -0.3 is 29.4 Å². The Hall–Kier alpha value is -3.83. The van der Waals surface area contributed by atoms with Gasteiger partial charge in [-0.05, 0) is 19.9 Å². The summed E-state index contributed by atoms with van der Waals surface area (Å²) in [6.07, 6.45) is -0.954. The minimum Gasteiger partial charge on any atom is -0.493 e. The zero-order chi connectivity index (χ0) is 22.3. The molecule has 0 amide bonds. The van der Waals surface area contributed by atoms with Crippen molar-refractivity contribution >= 4 is 23.6 Å². The van der Waals surface area contributed by atoms with Crippen LogP contribution in [0.3, 0.4) is 0 Å². The van der Waals surface area contributed by atoms with E-state index in [1.165, 1.54) is 26.4 Å². The number of esters is 1. The first kappa shape index (κ1) is 22.5. The monoisotopic (exact) mass is 422 g/mol. The summed E-state index contributed by atoms with van der Waals surface area (Å²) in [5, 5.41) is 7.85. The highest BCUT2D eigenvalue weighted by atomic mass is 16.7. The Morgan fingerprint density at radius 3 is 2.13 bits per heavy atom. The number of ketones is 1. The summed E-state index contributed by atoms with van der Waals surface area (Å²) in [4.78, 5) is 37.6. The van der Waals surface area contributed by atoms with Crippen LogP contribution in [0.5, 0.6) is 11.5 Å². The molecule has 0 saturated heterocycles. The molecule has 1 aromatic carbocycles. The smallest absolute Gasteiger partial charge is 0.493 e. The lowest BCUT2D eigenvalue weighted by atomic mass is 10.0. The van der Waals surface area contributed by atoms with Gasteiger partial charge in [0, 0.05) is 11.8 Å². The Kier molecular flexibility index (Phi) is 7.56. The molecule has 2 rings (SSSR count). The molecular weight excluding hydrogens is 400 g/mol. The van der Waals surface area contributed by atoms with E-state index in [0.717, 1.165) is 4.80 Å². The van der Waals surface area contributed by atoms with Crippen molar-refractivity contribution < 1.29 is 38.1 Å². The van der Waals surface area contributed by atoms with Crippen LogP contribution in [0.4, 0.5) is 10.5 Å². The molecule has 0 spiro atoms. The molecule has 0 fully saturated rings. The van der Waals surface area contributed by atoms with E-state index in [0.29, 0.717) is 5.75 Å². The molecular formula is C18H22N4O8. The largest absolute Gasteiger partial charge is 0.510 e. The SMILES string of the molecule is CCOC(=O)OCn1nc(C(=O)OCC)c(C(=O)c2cc(OC)c(OC)cc2N)n1. The average molecular weight is 422 g/mol. The molecule has 12 nitrogen and oxygen atoms in total. The van der Waals surface area contributed by atoms with Gasteiger partial charge in [0.15, 0.2) is 17.2 Å². The van der Waals surface area contributed by atoms with Crippen LogP contribution in [0, 0.1) is 0 Å². The van der Waals surface area contributed by atoms with Crippen LogP contribution >= 0.6 is 0 Å². The van der Waals surface area contributed by atoms with Gasteiger partial charge in [0.1, 0.15) is 0 Å². The van der Waals surface area contributed by atoms with E-state index in [-0.39, 0.29) is 41.6 Å². The molecule has 1 aromatic heterocycles. The van der Waals surface area contributed by atoms with Gasteiger partial charge in [0.2, 0.25) is 18.2 Å². The average Bonchev–Trinajstić information content (AvgIpc) is 3.16. The second-order valence-corrected chi connectivity index (χ2v) is 5.57. The van der Waals surface area contributed by atoms with Crippen LogP contribution < -0.4 is 15.2 Å². The normalized spacial score (nSPS) is 10.3. The van der Waals surface area contributed by atoms with E-state index in [4.69, 9.17) is 24.7 Å². The molecule has 30 heavy (non-hydrogen) atoms. The number of rotatable bonds is 9. The van der Waals surface area contributed by atoms with Crippen LogP contribution in [0.25, 0.3) is 0 Å². The second kappa shape index (κ2) is 10.1. The van der Waals surface area contributed by atoms with Crippen molar-refractivity contribution in [2.24, 2.45) is 0 Å². The minimum atomic E-state index is -0.954. The maximum absolute atomic E-state index is 13.1. The molecule has 2 aromatic rings. The van der Waals surface area contributed by atoms with Crippen LogP contribution in [-0.2, 0) is 20.9 Å². The van der Waals surface area contributed by atoms with E-state index < -0.39 is 24.6 Å². The third-order valence-electron chi connectivity index (χ3n) is 3.70. The van der Waals surface area contributed by atoms with Crippen LogP contribution in [-0.4, -0.2) is 60.3 Å². The number of aromatic nitrogens is 3. The van der Waals surface area contributed by atoms with Crippen LogP contribution in [0.1, 0.15) is 40.4 Å². The number of nitrogen functional groups attached to an aromatic ring is 1.